The Morgan fingerprint density at radius 2 is 1.34 bits per heavy atom. The first-order chi connectivity index (χ1) is 23.3. The summed E-state index contributed by atoms with van der Waals surface area (Å²) < 4.78 is 6.48. The molecule has 0 fully saturated rings. The van der Waals surface area contributed by atoms with Gasteiger partial charge in [0.25, 0.3) is 0 Å². The van der Waals surface area contributed by atoms with Gasteiger partial charge >= 0.3 is 0 Å². The lowest BCUT2D eigenvalue weighted by atomic mass is 9.83. The lowest BCUT2D eigenvalue weighted by Crippen LogP contribution is -2.16. The summed E-state index contributed by atoms with van der Waals surface area (Å²) in [7, 11) is 0. The zero-order chi connectivity index (χ0) is 31.2. The molecule has 0 radical (unpaired) electrons. The van der Waals surface area contributed by atoms with Gasteiger partial charge in [0.2, 0.25) is 0 Å². The quantitative estimate of drug-likeness (QED) is 0.196. The van der Waals surface area contributed by atoms with Gasteiger partial charge in [0.05, 0.1) is 11.4 Å². The van der Waals surface area contributed by atoms with Crippen LogP contribution in [-0.2, 0) is 0 Å². The fourth-order valence-electron chi connectivity index (χ4n) is 6.88. The normalized spacial score (nSPS) is 16.7. The molecule has 1 atom stereocenters. The number of aliphatic imine (C=N–C) groups is 1. The Kier molecular flexibility index (Phi) is 6.71. The summed E-state index contributed by atoms with van der Waals surface area (Å²) in [5.74, 6) is 1.76. The van der Waals surface area contributed by atoms with Crippen LogP contribution in [0, 0.1) is 0 Å². The molecule has 3 aliphatic rings. The number of benzene rings is 4. The Morgan fingerprint density at radius 1 is 0.638 bits per heavy atom. The van der Waals surface area contributed by atoms with Crippen LogP contribution in [0.4, 0.5) is 0 Å². The molecule has 47 heavy (non-hydrogen) atoms. The van der Waals surface area contributed by atoms with Crippen molar-refractivity contribution in [2.24, 2.45) is 4.99 Å². The van der Waals surface area contributed by atoms with E-state index in [-0.39, 0.29) is 5.92 Å². The number of nitrogens with zero attached hydrogens (tertiary/aromatic N) is 3. The predicted octanol–water partition coefficient (Wildman–Crippen LogP) is 10.7. The van der Waals surface area contributed by atoms with Crippen LogP contribution in [0.5, 0.6) is 0 Å². The Bertz CT molecular complexity index is 2300. The SMILES string of the molecule is C1=CCC2C(=C1)N=C(c1ccc(-c3nc(-c4ccccc4)cc(-c4ccc(C5=CCCC=C5)cc4)n3)cc1)c1oc3ccccc3c12. The Labute approximate surface area is 273 Å². The van der Waals surface area contributed by atoms with E-state index in [1.807, 2.05) is 30.3 Å². The third kappa shape index (κ3) is 4.99. The maximum atomic E-state index is 6.48. The second kappa shape index (κ2) is 11.5. The summed E-state index contributed by atoms with van der Waals surface area (Å²) in [5.41, 5.74) is 12.4. The summed E-state index contributed by atoms with van der Waals surface area (Å²) in [5, 5.41) is 1.16. The Morgan fingerprint density at radius 3 is 2.13 bits per heavy atom. The number of furan rings is 1. The number of hydrogen-bond acceptors (Lipinski definition) is 4. The average molecular weight is 606 g/mol. The summed E-state index contributed by atoms with van der Waals surface area (Å²) in [6.07, 6.45) is 16.3. The molecule has 3 heterocycles. The smallest absolute Gasteiger partial charge is 0.160 e. The molecular weight excluding hydrogens is 574 g/mol. The van der Waals surface area contributed by atoms with Gasteiger partial charge in [-0.2, -0.15) is 0 Å². The van der Waals surface area contributed by atoms with Crippen LogP contribution < -0.4 is 0 Å². The molecule has 0 saturated heterocycles. The maximum Gasteiger partial charge on any atom is 0.160 e. The van der Waals surface area contributed by atoms with E-state index >= 15 is 0 Å². The van der Waals surface area contributed by atoms with Gasteiger partial charge in [0.1, 0.15) is 11.3 Å². The highest BCUT2D eigenvalue weighted by Gasteiger charge is 2.33. The summed E-state index contributed by atoms with van der Waals surface area (Å²) in [6.45, 7) is 0. The van der Waals surface area contributed by atoms with Crippen molar-refractivity contribution in [2.75, 3.05) is 0 Å². The molecule has 4 heteroatoms. The molecule has 4 nitrogen and oxygen atoms in total. The molecule has 0 saturated carbocycles. The summed E-state index contributed by atoms with van der Waals surface area (Å²) in [6, 6.07) is 37.8. The molecule has 2 aromatic heterocycles. The second-order valence-corrected chi connectivity index (χ2v) is 12.2. The molecule has 0 spiro atoms. The lowest BCUT2D eigenvalue weighted by molar-refractivity contribution is 0.588. The van der Waals surface area contributed by atoms with E-state index in [1.54, 1.807) is 0 Å². The largest absolute Gasteiger partial charge is 0.454 e. The van der Waals surface area contributed by atoms with Crippen LogP contribution in [-0.4, -0.2) is 15.7 Å². The zero-order valence-corrected chi connectivity index (χ0v) is 25.8. The third-order valence-corrected chi connectivity index (χ3v) is 9.29. The number of aromatic nitrogens is 2. The van der Waals surface area contributed by atoms with Gasteiger partial charge in [-0.15, -0.1) is 0 Å². The molecular formula is C43H31N3O. The third-order valence-electron chi connectivity index (χ3n) is 9.29. The highest BCUT2D eigenvalue weighted by molar-refractivity contribution is 6.16. The molecule has 0 bridgehead atoms. The number of hydrogen-bond donors (Lipinski definition) is 0. The van der Waals surface area contributed by atoms with Crippen LogP contribution in [0.1, 0.15) is 47.6 Å². The Hall–Kier alpha value is -5.87. The van der Waals surface area contributed by atoms with Gasteiger partial charge < -0.3 is 4.42 Å². The molecule has 0 N–H and O–H groups in total. The van der Waals surface area contributed by atoms with E-state index in [4.69, 9.17) is 19.4 Å². The Balaban J connectivity index is 1.11. The topological polar surface area (TPSA) is 51.3 Å². The van der Waals surface area contributed by atoms with Gasteiger partial charge in [-0.3, -0.25) is 0 Å². The zero-order valence-electron chi connectivity index (χ0n) is 25.8. The first-order valence-electron chi connectivity index (χ1n) is 16.3. The lowest BCUT2D eigenvalue weighted by Gasteiger charge is -2.24. The van der Waals surface area contributed by atoms with E-state index in [2.05, 4.69) is 115 Å². The van der Waals surface area contributed by atoms with Crippen molar-refractivity contribution in [2.45, 2.75) is 25.2 Å². The van der Waals surface area contributed by atoms with Crippen molar-refractivity contribution in [1.82, 2.24) is 9.97 Å². The van der Waals surface area contributed by atoms with Crippen LogP contribution in [0.3, 0.4) is 0 Å². The van der Waals surface area contributed by atoms with Gasteiger partial charge in [-0.25, -0.2) is 15.0 Å². The van der Waals surface area contributed by atoms with Crippen molar-refractivity contribution in [3.63, 3.8) is 0 Å². The second-order valence-electron chi connectivity index (χ2n) is 12.2. The maximum absolute atomic E-state index is 6.48. The molecule has 9 rings (SSSR count). The van der Waals surface area contributed by atoms with Crippen molar-refractivity contribution < 1.29 is 4.42 Å². The summed E-state index contributed by atoms with van der Waals surface area (Å²) >= 11 is 0. The van der Waals surface area contributed by atoms with Gasteiger partial charge in [0.15, 0.2) is 11.6 Å². The van der Waals surface area contributed by atoms with Crippen LogP contribution in [0.15, 0.2) is 161 Å². The van der Waals surface area contributed by atoms with Crippen LogP contribution in [0.25, 0.3) is 50.4 Å². The summed E-state index contributed by atoms with van der Waals surface area (Å²) in [4.78, 5) is 15.3. The molecule has 2 aliphatic carbocycles. The first kappa shape index (κ1) is 27.4. The van der Waals surface area contributed by atoms with Gasteiger partial charge in [-0.1, -0.05) is 127 Å². The van der Waals surface area contributed by atoms with Crippen molar-refractivity contribution in [3.8, 4) is 33.9 Å². The van der Waals surface area contributed by atoms with E-state index in [9.17, 15) is 0 Å². The van der Waals surface area contributed by atoms with Crippen LogP contribution in [0.2, 0.25) is 0 Å². The fraction of sp³-hybridized carbons (Fsp3) is 0.0930. The van der Waals surface area contributed by atoms with Gasteiger partial charge in [0, 0.05) is 44.8 Å². The fourth-order valence-corrected chi connectivity index (χ4v) is 6.88. The van der Waals surface area contributed by atoms with Crippen molar-refractivity contribution >= 4 is 22.3 Å². The molecule has 1 aliphatic heterocycles. The molecule has 224 valence electrons. The van der Waals surface area contributed by atoms with Crippen molar-refractivity contribution in [3.05, 3.63) is 174 Å². The molecule has 1 unspecified atom stereocenters. The minimum atomic E-state index is 0.208. The molecule has 0 amide bonds. The van der Waals surface area contributed by atoms with Gasteiger partial charge in [-0.05, 0) is 48.6 Å². The standard InChI is InChI=1S/C43H31N3O/c1-3-11-28(12-4-1)29-19-21-31(22-20-29)38-27-37(30-13-5-2-6-14-30)45-43(46-38)33-25-23-32(24-26-33)41-42-40(34-15-7-9-17-36(34)44-41)35-16-8-10-18-39(35)47-42/h2-3,5-14,16-27,34H,1,4,15H2. The number of fused-ring (bicyclic) bond motifs is 5. The van der Waals surface area contributed by atoms with E-state index in [0.717, 1.165) is 81.0 Å². The number of allylic oxidation sites excluding steroid dienone is 8. The monoisotopic (exact) mass is 605 g/mol. The van der Waals surface area contributed by atoms with E-state index in [0.29, 0.717) is 5.82 Å². The van der Waals surface area contributed by atoms with Crippen molar-refractivity contribution in [1.29, 1.82) is 0 Å². The van der Waals surface area contributed by atoms with Crippen LogP contribution >= 0.6 is 0 Å². The van der Waals surface area contributed by atoms with E-state index < -0.39 is 0 Å². The average Bonchev–Trinajstić information content (AvgIpc) is 3.55. The first-order valence-corrected chi connectivity index (χ1v) is 16.3. The number of para-hydroxylation sites is 1. The predicted molar refractivity (Wildman–Crippen MR) is 191 cm³/mol. The number of rotatable bonds is 5. The highest BCUT2D eigenvalue weighted by Crippen LogP contribution is 2.44. The molecule has 6 aromatic rings. The molecule has 4 aromatic carbocycles. The minimum Gasteiger partial charge on any atom is -0.454 e. The highest BCUT2D eigenvalue weighted by atomic mass is 16.3. The van der Waals surface area contributed by atoms with E-state index in [1.165, 1.54) is 16.7 Å². The minimum absolute atomic E-state index is 0.208.